The van der Waals surface area contributed by atoms with Gasteiger partial charge in [0.2, 0.25) is 0 Å². The van der Waals surface area contributed by atoms with Crippen molar-refractivity contribution in [1.29, 1.82) is 0 Å². The Labute approximate surface area is 59.6 Å². The van der Waals surface area contributed by atoms with Gasteiger partial charge in [0.05, 0.1) is 0 Å². The molecule has 0 amide bonds. The molecule has 2 aliphatic rings. The third kappa shape index (κ3) is 0.444. The van der Waals surface area contributed by atoms with Crippen LogP contribution in [0.3, 0.4) is 0 Å². The molecule has 2 heteroatoms. The van der Waals surface area contributed by atoms with E-state index in [4.69, 9.17) is 10.5 Å². The van der Waals surface area contributed by atoms with Gasteiger partial charge in [0, 0.05) is 0 Å². The van der Waals surface area contributed by atoms with Gasteiger partial charge >= 0.3 is 0 Å². The molecule has 2 N–H and O–H groups in total. The van der Waals surface area contributed by atoms with Crippen molar-refractivity contribution in [3.8, 4) is 11.5 Å². The Balaban J connectivity index is 2.74. The summed E-state index contributed by atoms with van der Waals surface area (Å²) in [7, 11) is 0. The van der Waals surface area contributed by atoms with Crippen molar-refractivity contribution >= 4 is 5.69 Å². The van der Waals surface area contributed by atoms with Crippen molar-refractivity contribution in [1.82, 2.24) is 0 Å². The van der Waals surface area contributed by atoms with Gasteiger partial charge in [-0.05, 0) is 31.0 Å². The van der Waals surface area contributed by atoms with Crippen LogP contribution in [0.25, 0.3) is 0 Å². The van der Waals surface area contributed by atoms with E-state index in [0.29, 0.717) is 0 Å². The molecule has 0 unspecified atom stereocenters. The maximum absolute atomic E-state index is 5.63. The van der Waals surface area contributed by atoms with Gasteiger partial charge in [-0.15, -0.1) is 0 Å². The van der Waals surface area contributed by atoms with Crippen LogP contribution in [-0.2, 0) is 0 Å². The number of benzene rings is 1. The second-order valence-electron chi connectivity index (χ2n) is 2.66. The van der Waals surface area contributed by atoms with Crippen LogP contribution in [0.5, 0.6) is 11.5 Å². The Hall–Kier alpha value is -1.18. The molecule has 2 nitrogen and oxygen atoms in total. The highest BCUT2D eigenvalue weighted by molar-refractivity contribution is 5.75. The summed E-state index contributed by atoms with van der Waals surface area (Å²) in [5.74, 6) is 1.70. The van der Waals surface area contributed by atoms with Gasteiger partial charge < -0.3 is 10.5 Å². The Morgan fingerprint density at radius 2 is 2.10 bits per heavy atom. The van der Waals surface area contributed by atoms with Crippen molar-refractivity contribution < 1.29 is 4.74 Å². The third-order valence-electron chi connectivity index (χ3n) is 2.00. The van der Waals surface area contributed by atoms with E-state index in [9.17, 15) is 0 Å². The van der Waals surface area contributed by atoms with Crippen molar-refractivity contribution in [2.45, 2.75) is 13.8 Å². The number of nitrogens with two attached hydrogens (primary N) is 1. The molecule has 1 aromatic rings. The smallest absolute Gasteiger partial charge is 0.157 e. The number of ether oxygens (including phenoxy) is 1. The van der Waals surface area contributed by atoms with Crippen molar-refractivity contribution in [2.75, 3.05) is 5.73 Å². The monoisotopic (exact) mass is 135 g/mol. The van der Waals surface area contributed by atoms with Crippen LogP contribution < -0.4 is 10.5 Å². The van der Waals surface area contributed by atoms with Crippen molar-refractivity contribution in [2.24, 2.45) is 0 Å². The molecule has 0 radical (unpaired) electrons. The summed E-state index contributed by atoms with van der Waals surface area (Å²) >= 11 is 0. The predicted molar refractivity (Wildman–Crippen MR) is 40.4 cm³/mol. The minimum absolute atomic E-state index is 0.808. The SMILES string of the molecule is Cc1cc2c(N)c(c1C)O2. The van der Waals surface area contributed by atoms with Crippen LogP contribution in [0.4, 0.5) is 5.69 Å². The van der Waals surface area contributed by atoms with E-state index in [1.54, 1.807) is 0 Å². The maximum atomic E-state index is 5.63. The van der Waals surface area contributed by atoms with Gasteiger partial charge in [0.25, 0.3) is 0 Å². The Kier molecular flexibility index (Phi) is 0.813. The predicted octanol–water partition coefficient (Wildman–Crippen LogP) is 1.99. The highest BCUT2D eigenvalue weighted by Crippen LogP contribution is 2.48. The maximum Gasteiger partial charge on any atom is 0.157 e. The normalized spacial score (nSPS) is 12.2. The average molecular weight is 135 g/mol. The lowest BCUT2D eigenvalue weighted by atomic mass is 10.0. The molecular weight excluding hydrogens is 126 g/mol. The molecule has 1 aromatic carbocycles. The van der Waals surface area contributed by atoms with Crippen molar-refractivity contribution in [3.63, 3.8) is 0 Å². The van der Waals surface area contributed by atoms with Crippen LogP contribution in [0, 0.1) is 13.8 Å². The van der Waals surface area contributed by atoms with Crippen molar-refractivity contribution in [3.05, 3.63) is 17.2 Å². The lowest BCUT2D eigenvalue weighted by molar-refractivity contribution is 0.441. The standard InChI is InChI=1S/C8H9NO/c1-4-3-6-7(9)8(10-6)5(4)2/h3H,9H2,1-2H3. The number of nitrogen functional groups attached to an aromatic ring is 1. The first-order valence-corrected chi connectivity index (χ1v) is 3.27. The van der Waals surface area contributed by atoms with Gasteiger partial charge in [-0.2, -0.15) is 0 Å². The van der Waals surface area contributed by atoms with Gasteiger partial charge in [0.1, 0.15) is 5.69 Å². The minimum atomic E-state index is 0.808. The Morgan fingerprint density at radius 3 is 2.50 bits per heavy atom. The molecule has 0 spiro atoms. The summed E-state index contributed by atoms with van der Waals surface area (Å²) in [5.41, 5.74) is 8.86. The molecule has 0 aliphatic carbocycles. The fraction of sp³-hybridized carbons (Fsp3) is 0.250. The number of fused-ring (bicyclic) bond motifs is 2. The molecular formula is C8H9NO. The Bertz CT molecular complexity index is 296. The lowest BCUT2D eigenvalue weighted by Crippen LogP contribution is -2.07. The fourth-order valence-corrected chi connectivity index (χ4v) is 1.16. The number of aryl methyl sites for hydroxylation is 1. The van der Waals surface area contributed by atoms with Gasteiger partial charge in [-0.3, -0.25) is 0 Å². The molecule has 0 aromatic heterocycles. The molecule has 0 atom stereocenters. The van der Waals surface area contributed by atoms with Crippen LogP contribution in [0.2, 0.25) is 0 Å². The van der Waals surface area contributed by atoms with Gasteiger partial charge in [0.15, 0.2) is 11.5 Å². The zero-order chi connectivity index (χ0) is 7.30. The minimum Gasteiger partial charge on any atom is -0.452 e. The number of rotatable bonds is 0. The zero-order valence-electron chi connectivity index (χ0n) is 6.06. The van der Waals surface area contributed by atoms with Crippen LogP contribution in [0.1, 0.15) is 11.1 Å². The van der Waals surface area contributed by atoms with E-state index in [-0.39, 0.29) is 0 Å². The van der Waals surface area contributed by atoms with Gasteiger partial charge in [-0.25, -0.2) is 0 Å². The quantitative estimate of drug-likeness (QED) is 0.560. The van der Waals surface area contributed by atoms with Gasteiger partial charge in [-0.1, -0.05) is 0 Å². The molecule has 0 saturated heterocycles. The van der Waals surface area contributed by atoms with Crippen LogP contribution >= 0.6 is 0 Å². The zero-order valence-corrected chi connectivity index (χ0v) is 6.06. The molecule has 2 heterocycles. The molecule has 52 valence electrons. The molecule has 10 heavy (non-hydrogen) atoms. The van der Waals surface area contributed by atoms with E-state index >= 15 is 0 Å². The largest absolute Gasteiger partial charge is 0.452 e. The summed E-state index contributed by atoms with van der Waals surface area (Å²) in [4.78, 5) is 0. The number of hydrogen-bond donors (Lipinski definition) is 1. The second kappa shape index (κ2) is 1.45. The number of hydrogen-bond acceptors (Lipinski definition) is 2. The first kappa shape index (κ1) is 5.59. The summed E-state index contributed by atoms with van der Waals surface area (Å²) in [6, 6.07) is 1.97. The summed E-state index contributed by atoms with van der Waals surface area (Å²) in [6.07, 6.45) is 0. The summed E-state index contributed by atoms with van der Waals surface area (Å²) in [5, 5.41) is 0. The van der Waals surface area contributed by atoms with Crippen LogP contribution in [-0.4, -0.2) is 0 Å². The van der Waals surface area contributed by atoms with E-state index in [1.807, 2.05) is 13.0 Å². The van der Waals surface area contributed by atoms with E-state index in [0.717, 1.165) is 22.7 Å². The van der Waals surface area contributed by atoms with E-state index in [1.165, 1.54) is 5.56 Å². The second-order valence-corrected chi connectivity index (χ2v) is 2.66. The first-order chi connectivity index (χ1) is 4.70. The van der Waals surface area contributed by atoms with E-state index in [2.05, 4.69) is 6.92 Å². The summed E-state index contributed by atoms with van der Waals surface area (Å²) < 4.78 is 5.23. The average Bonchev–Trinajstić information content (AvgIpc) is 1.92. The van der Waals surface area contributed by atoms with Crippen LogP contribution in [0.15, 0.2) is 6.07 Å². The molecule has 2 aliphatic heterocycles. The molecule has 0 fully saturated rings. The first-order valence-electron chi connectivity index (χ1n) is 3.27. The number of anilines is 1. The highest BCUT2D eigenvalue weighted by atomic mass is 16.5. The lowest BCUT2D eigenvalue weighted by Gasteiger charge is -2.24. The summed E-state index contributed by atoms with van der Waals surface area (Å²) in [6.45, 7) is 4.08. The molecule has 0 saturated carbocycles. The molecule has 3 rings (SSSR count). The fourth-order valence-electron chi connectivity index (χ4n) is 1.16. The topological polar surface area (TPSA) is 35.2 Å². The third-order valence-corrected chi connectivity index (χ3v) is 2.00. The highest BCUT2D eigenvalue weighted by Gasteiger charge is 2.22. The molecule has 2 bridgehead atoms. The Morgan fingerprint density at radius 1 is 1.40 bits per heavy atom. The van der Waals surface area contributed by atoms with E-state index < -0.39 is 0 Å².